The van der Waals surface area contributed by atoms with E-state index in [1.807, 2.05) is 6.92 Å². The van der Waals surface area contributed by atoms with Crippen LogP contribution in [0, 0.1) is 0 Å². The molecule has 1 aromatic heterocycles. The summed E-state index contributed by atoms with van der Waals surface area (Å²) in [6.45, 7) is 5.74. The van der Waals surface area contributed by atoms with Crippen molar-refractivity contribution in [1.29, 1.82) is 0 Å². The third kappa shape index (κ3) is 2.20. The van der Waals surface area contributed by atoms with Crippen LogP contribution < -0.4 is 5.73 Å². The van der Waals surface area contributed by atoms with E-state index in [4.69, 9.17) is 5.73 Å². The van der Waals surface area contributed by atoms with Crippen molar-refractivity contribution < 1.29 is 0 Å². The van der Waals surface area contributed by atoms with Crippen LogP contribution in [-0.2, 0) is 0 Å². The van der Waals surface area contributed by atoms with Gasteiger partial charge >= 0.3 is 0 Å². The van der Waals surface area contributed by atoms with Crippen LogP contribution in [0.5, 0.6) is 0 Å². The highest BCUT2D eigenvalue weighted by atomic mass is 14.9. The zero-order valence-corrected chi connectivity index (χ0v) is 6.67. The second kappa shape index (κ2) is 3.34. The number of nitrogens with one attached hydrogen (secondary N) is 1. The zero-order chi connectivity index (χ0) is 8.27. The summed E-state index contributed by atoms with van der Waals surface area (Å²) in [6.07, 6.45) is 4.26. The number of nitrogens with two attached hydrogens (primary N) is 1. The Labute approximate surface area is 66.3 Å². The Kier molecular flexibility index (Phi) is 2.44. The second-order valence-corrected chi connectivity index (χ2v) is 2.74. The van der Waals surface area contributed by atoms with E-state index in [1.165, 1.54) is 0 Å². The Balaban J connectivity index is 2.56. The van der Waals surface area contributed by atoms with Crippen molar-refractivity contribution in [3.05, 3.63) is 30.4 Å². The molecule has 3 nitrogen and oxygen atoms in total. The van der Waals surface area contributed by atoms with Gasteiger partial charge in [0, 0.05) is 12.4 Å². The van der Waals surface area contributed by atoms with Gasteiger partial charge in [-0.2, -0.15) is 0 Å². The van der Waals surface area contributed by atoms with Crippen LogP contribution in [-0.4, -0.2) is 9.97 Å². The molecule has 11 heavy (non-hydrogen) atoms. The van der Waals surface area contributed by atoms with E-state index in [-0.39, 0.29) is 6.04 Å². The smallest absolute Gasteiger partial charge is 0.123 e. The summed E-state index contributed by atoms with van der Waals surface area (Å²) in [5, 5.41) is 0. The molecule has 0 aliphatic heterocycles. The minimum Gasteiger partial charge on any atom is -0.347 e. The highest BCUT2D eigenvalue weighted by molar-refractivity contribution is 5.01. The average Bonchev–Trinajstić information content (AvgIpc) is 2.35. The molecule has 0 saturated heterocycles. The van der Waals surface area contributed by atoms with Gasteiger partial charge in [-0.15, -0.1) is 6.58 Å². The lowest BCUT2D eigenvalue weighted by Crippen LogP contribution is -2.11. The topological polar surface area (TPSA) is 54.7 Å². The molecule has 60 valence electrons. The van der Waals surface area contributed by atoms with Crippen LogP contribution in [0.15, 0.2) is 24.5 Å². The third-order valence-corrected chi connectivity index (χ3v) is 1.44. The first-order valence-corrected chi connectivity index (χ1v) is 3.59. The summed E-state index contributed by atoms with van der Waals surface area (Å²) >= 11 is 0. The Morgan fingerprint density at radius 1 is 1.91 bits per heavy atom. The molecule has 1 unspecified atom stereocenters. The standard InChI is InChI=1S/C8H13N3/c1-6(2)5-7(9)8-10-3-4-11-8/h3-4,7H,1,5,9H2,2H3,(H,10,11). The predicted octanol–water partition coefficient (Wildman–Crippen LogP) is 1.38. The molecule has 1 heterocycles. The van der Waals surface area contributed by atoms with Crippen LogP contribution in [0.25, 0.3) is 0 Å². The van der Waals surface area contributed by atoms with Crippen molar-refractivity contribution in [2.24, 2.45) is 5.73 Å². The first kappa shape index (κ1) is 8.01. The maximum Gasteiger partial charge on any atom is 0.123 e. The summed E-state index contributed by atoms with van der Waals surface area (Å²) in [5.74, 6) is 0.827. The molecule has 1 atom stereocenters. The molecule has 0 aromatic carbocycles. The molecule has 1 rings (SSSR count). The van der Waals surface area contributed by atoms with E-state index in [0.29, 0.717) is 0 Å². The molecule has 0 bridgehead atoms. The quantitative estimate of drug-likeness (QED) is 0.641. The van der Waals surface area contributed by atoms with E-state index in [9.17, 15) is 0 Å². The second-order valence-electron chi connectivity index (χ2n) is 2.74. The number of nitrogens with zero attached hydrogens (tertiary/aromatic N) is 1. The van der Waals surface area contributed by atoms with Gasteiger partial charge in [0.1, 0.15) is 5.82 Å². The van der Waals surface area contributed by atoms with Gasteiger partial charge in [0.2, 0.25) is 0 Å². The molecule has 0 spiro atoms. The van der Waals surface area contributed by atoms with Gasteiger partial charge in [-0.1, -0.05) is 5.57 Å². The molecule has 0 aliphatic rings. The van der Waals surface area contributed by atoms with Crippen molar-refractivity contribution >= 4 is 0 Å². The maximum absolute atomic E-state index is 5.79. The van der Waals surface area contributed by atoms with E-state index in [2.05, 4.69) is 16.5 Å². The fourth-order valence-corrected chi connectivity index (χ4v) is 0.952. The lowest BCUT2D eigenvalue weighted by atomic mass is 10.1. The van der Waals surface area contributed by atoms with E-state index >= 15 is 0 Å². The maximum atomic E-state index is 5.79. The highest BCUT2D eigenvalue weighted by Crippen LogP contribution is 2.12. The molecule has 0 amide bonds. The number of H-pyrrole nitrogens is 1. The lowest BCUT2D eigenvalue weighted by molar-refractivity contribution is 0.674. The van der Waals surface area contributed by atoms with Gasteiger partial charge in [0.15, 0.2) is 0 Å². The summed E-state index contributed by atoms with van der Waals surface area (Å²) in [5.41, 5.74) is 6.86. The largest absolute Gasteiger partial charge is 0.347 e. The molecule has 0 radical (unpaired) electrons. The number of hydrogen-bond donors (Lipinski definition) is 2. The zero-order valence-electron chi connectivity index (χ0n) is 6.67. The molecule has 3 heteroatoms. The van der Waals surface area contributed by atoms with Gasteiger partial charge in [0.25, 0.3) is 0 Å². The Bertz CT molecular complexity index is 225. The van der Waals surface area contributed by atoms with Crippen LogP contribution in [0.1, 0.15) is 25.2 Å². The van der Waals surface area contributed by atoms with Crippen molar-refractivity contribution in [3.63, 3.8) is 0 Å². The fraction of sp³-hybridized carbons (Fsp3) is 0.375. The SMILES string of the molecule is C=C(C)CC(N)c1ncc[nH]1. The van der Waals surface area contributed by atoms with E-state index < -0.39 is 0 Å². The molecule has 0 fully saturated rings. The molecule has 0 aliphatic carbocycles. The number of hydrogen-bond acceptors (Lipinski definition) is 2. The first-order chi connectivity index (χ1) is 5.20. The fourth-order valence-electron chi connectivity index (χ4n) is 0.952. The van der Waals surface area contributed by atoms with Gasteiger partial charge < -0.3 is 10.7 Å². The van der Waals surface area contributed by atoms with Crippen molar-refractivity contribution in [2.75, 3.05) is 0 Å². The molecule has 3 N–H and O–H groups in total. The van der Waals surface area contributed by atoms with Crippen LogP contribution >= 0.6 is 0 Å². The van der Waals surface area contributed by atoms with Crippen molar-refractivity contribution in [1.82, 2.24) is 9.97 Å². The van der Waals surface area contributed by atoms with Crippen molar-refractivity contribution in [3.8, 4) is 0 Å². The normalized spacial score (nSPS) is 12.9. The first-order valence-electron chi connectivity index (χ1n) is 3.59. The van der Waals surface area contributed by atoms with E-state index in [1.54, 1.807) is 12.4 Å². The summed E-state index contributed by atoms with van der Waals surface area (Å²) < 4.78 is 0. The number of rotatable bonds is 3. The van der Waals surface area contributed by atoms with Crippen LogP contribution in [0.3, 0.4) is 0 Å². The highest BCUT2D eigenvalue weighted by Gasteiger charge is 2.06. The van der Waals surface area contributed by atoms with Gasteiger partial charge in [-0.3, -0.25) is 0 Å². The summed E-state index contributed by atoms with van der Waals surface area (Å²) in [6, 6.07) is -0.0394. The third-order valence-electron chi connectivity index (χ3n) is 1.44. The number of imidazole rings is 1. The minimum absolute atomic E-state index is 0.0394. The van der Waals surface area contributed by atoms with Crippen LogP contribution in [0.4, 0.5) is 0 Å². The van der Waals surface area contributed by atoms with Gasteiger partial charge in [-0.05, 0) is 13.3 Å². The molecule has 1 aromatic rings. The van der Waals surface area contributed by atoms with Crippen molar-refractivity contribution in [2.45, 2.75) is 19.4 Å². The van der Waals surface area contributed by atoms with Gasteiger partial charge in [-0.25, -0.2) is 4.98 Å². The average molecular weight is 151 g/mol. The predicted molar refractivity (Wildman–Crippen MR) is 44.9 cm³/mol. The Morgan fingerprint density at radius 3 is 3.09 bits per heavy atom. The molecule has 0 saturated carbocycles. The minimum atomic E-state index is -0.0394. The number of aromatic nitrogens is 2. The van der Waals surface area contributed by atoms with E-state index in [0.717, 1.165) is 17.8 Å². The summed E-state index contributed by atoms with van der Waals surface area (Å²) in [4.78, 5) is 7.01. The lowest BCUT2D eigenvalue weighted by Gasteiger charge is -2.06. The molecular formula is C8H13N3. The summed E-state index contributed by atoms with van der Waals surface area (Å²) in [7, 11) is 0. The molecular weight excluding hydrogens is 138 g/mol. The van der Waals surface area contributed by atoms with Gasteiger partial charge in [0.05, 0.1) is 6.04 Å². The number of aromatic amines is 1. The monoisotopic (exact) mass is 151 g/mol. The Morgan fingerprint density at radius 2 is 2.64 bits per heavy atom. The van der Waals surface area contributed by atoms with Crippen LogP contribution in [0.2, 0.25) is 0 Å². The Hall–Kier alpha value is -1.09.